The molecule has 1 aliphatic rings. The third kappa shape index (κ3) is 3.67. The van der Waals surface area contributed by atoms with E-state index in [1.807, 2.05) is 0 Å². The third-order valence-electron chi connectivity index (χ3n) is 4.32. The maximum Gasteiger partial charge on any atom is 0.209 e. The van der Waals surface area contributed by atoms with Crippen LogP contribution >= 0.6 is 0 Å². The second-order valence-corrected chi connectivity index (χ2v) is 6.27. The number of hydrogen-bond acceptors (Lipinski definition) is 3. The number of Topliss-reactive ketones (excluding diaryl/α,β-unsaturated/α-hetero) is 1. The lowest BCUT2D eigenvalue weighted by Gasteiger charge is -2.19. The molecule has 1 N–H and O–H groups in total. The SMILES string of the molecule is O=C1C(Nc2ccc(F)cc2F)=CC(=Nc2ccc(F)cc2F)c2ccccc21. The van der Waals surface area contributed by atoms with Gasteiger partial charge in [-0.2, -0.15) is 0 Å². The molecule has 1 aliphatic carbocycles. The van der Waals surface area contributed by atoms with E-state index in [0.717, 1.165) is 18.2 Å². The summed E-state index contributed by atoms with van der Waals surface area (Å²) in [7, 11) is 0. The van der Waals surface area contributed by atoms with Crippen molar-refractivity contribution in [3.8, 4) is 0 Å². The summed E-state index contributed by atoms with van der Waals surface area (Å²) >= 11 is 0. The normalized spacial score (nSPS) is 14.6. The van der Waals surface area contributed by atoms with E-state index in [-0.39, 0.29) is 28.3 Å². The van der Waals surface area contributed by atoms with Gasteiger partial charge in [0.05, 0.1) is 22.8 Å². The van der Waals surface area contributed by atoms with Gasteiger partial charge in [-0.15, -0.1) is 0 Å². The zero-order chi connectivity index (χ0) is 20.5. The van der Waals surface area contributed by atoms with E-state index >= 15 is 0 Å². The lowest BCUT2D eigenvalue weighted by atomic mass is 9.92. The number of fused-ring (bicyclic) bond motifs is 1. The van der Waals surface area contributed by atoms with Crippen LogP contribution in [0.25, 0.3) is 0 Å². The lowest BCUT2D eigenvalue weighted by molar-refractivity contribution is 0.103. The summed E-state index contributed by atoms with van der Waals surface area (Å²) in [4.78, 5) is 17.0. The van der Waals surface area contributed by atoms with E-state index in [2.05, 4.69) is 10.3 Å². The van der Waals surface area contributed by atoms with Gasteiger partial charge >= 0.3 is 0 Å². The van der Waals surface area contributed by atoms with Gasteiger partial charge in [-0.3, -0.25) is 4.79 Å². The number of hydrogen-bond donors (Lipinski definition) is 1. The average molecular weight is 396 g/mol. The monoisotopic (exact) mass is 396 g/mol. The average Bonchev–Trinajstić information content (AvgIpc) is 2.69. The molecule has 29 heavy (non-hydrogen) atoms. The van der Waals surface area contributed by atoms with Gasteiger partial charge in [0.25, 0.3) is 0 Å². The number of ketones is 1. The Hall–Kier alpha value is -3.74. The van der Waals surface area contributed by atoms with E-state index < -0.39 is 29.1 Å². The minimum atomic E-state index is -0.874. The van der Waals surface area contributed by atoms with Gasteiger partial charge in [0, 0.05) is 23.3 Å². The van der Waals surface area contributed by atoms with Gasteiger partial charge in [-0.05, 0) is 30.3 Å². The van der Waals surface area contributed by atoms with E-state index in [1.54, 1.807) is 24.3 Å². The highest BCUT2D eigenvalue weighted by Gasteiger charge is 2.25. The number of anilines is 1. The molecule has 0 saturated carbocycles. The molecule has 3 aromatic rings. The molecule has 0 unspecified atom stereocenters. The molecule has 7 heteroatoms. The van der Waals surface area contributed by atoms with E-state index in [0.29, 0.717) is 17.7 Å². The van der Waals surface area contributed by atoms with Gasteiger partial charge < -0.3 is 5.32 Å². The van der Waals surface area contributed by atoms with Gasteiger partial charge in [0.2, 0.25) is 5.78 Å². The second kappa shape index (κ2) is 7.35. The van der Waals surface area contributed by atoms with Crippen molar-refractivity contribution < 1.29 is 22.4 Å². The largest absolute Gasteiger partial charge is 0.350 e. The van der Waals surface area contributed by atoms with Crippen LogP contribution < -0.4 is 5.32 Å². The predicted octanol–water partition coefficient (Wildman–Crippen LogP) is 5.56. The molecule has 0 heterocycles. The highest BCUT2D eigenvalue weighted by atomic mass is 19.1. The maximum atomic E-state index is 14.1. The van der Waals surface area contributed by atoms with Crippen LogP contribution in [0, 0.1) is 23.3 Å². The summed E-state index contributed by atoms with van der Waals surface area (Å²) in [5, 5.41) is 2.64. The molecule has 0 bridgehead atoms. The summed E-state index contributed by atoms with van der Waals surface area (Å²) in [6.45, 7) is 0. The van der Waals surface area contributed by atoms with Gasteiger partial charge in [-0.25, -0.2) is 22.6 Å². The van der Waals surface area contributed by atoms with Crippen LogP contribution in [-0.2, 0) is 0 Å². The van der Waals surface area contributed by atoms with Gasteiger partial charge in [0.15, 0.2) is 5.82 Å². The number of nitrogens with one attached hydrogen (secondary N) is 1. The molecule has 0 fully saturated rings. The fourth-order valence-electron chi connectivity index (χ4n) is 2.95. The number of benzene rings is 3. The van der Waals surface area contributed by atoms with Gasteiger partial charge in [-0.1, -0.05) is 24.3 Å². The Balaban J connectivity index is 1.82. The van der Waals surface area contributed by atoms with Crippen LogP contribution in [0.2, 0.25) is 0 Å². The topological polar surface area (TPSA) is 41.5 Å². The van der Waals surface area contributed by atoms with Crippen LogP contribution in [0.15, 0.2) is 77.4 Å². The fraction of sp³-hybridized carbons (Fsp3) is 0. The van der Waals surface area contributed by atoms with Crippen molar-refractivity contribution in [2.24, 2.45) is 4.99 Å². The molecule has 0 radical (unpaired) electrons. The van der Waals surface area contributed by atoms with Crippen LogP contribution in [-0.4, -0.2) is 11.5 Å². The summed E-state index contributed by atoms with van der Waals surface area (Å²) in [5.41, 5.74) is 0.727. The first-order valence-electron chi connectivity index (χ1n) is 8.54. The number of nitrogens with zero attached hydrogens (tertiary/aromatic N) is 1. The summed E-state index contributed by atoms with van der Waals surface area (Å²) in [6, 6.07) is 12.4. The van der Waals surface area contributed by atoms with Gasteiger partial charge in [0.1, 0.15) is 17.5 Å². The molecule has 0 spiro atoms. The fourth-order valence-corrected chi connectivity index (χ4v) is 2.95. The van der Waals surface area contributed by atoms with Crippen LogP contribution in [0.4, 0.5) is 28.9 Å². The molecular formula is C22H12F4N2O. The van der Waals surface area contributed by atoms with Crippen molar-refractivity contribution in [1.82, 2.24) is 0 Å². The minimum Gasteiger partial charge on any atom is -0.350 e. The number of carbonyl (C=O) groups is 1. The van der Waals surface area contributed by atoms with Crippen molar-refractivity contribution in [2.75, 3.05) is 5.32 Å². The van der Waals surface area contributed by atoms with Crippen LogP contribution in [0.1, 0.15) is 15.9 Å². The molecule has 3 aromatic carbocycles. The first kappa shape index (κ1) is 18.6. The quantitative estimate of drug-likeness (QED) is 0.590. The van der Waals surface area contributed by atoms with E-state index in [9.17, 15) is 22.4 Å². The van der Waals surface area contributed by atoms with Crippen molar-refractivity contribution in [1.29, 1.82) is 0 Å². The Bertz CT molecular complexity index is 1200. The summed E-state index contributed by atoms with van der Waals surface area (Å²) in [5.74, 6) is -3.66. The van der Waals surface area contributed by atoms with E-state index in [4.69, 9.17) is 0 Å². The molecule has 4 rings (SSSR count). The number of rotatable bonds is 3. The minimum absolute atomic E-state index is 0.0181. The molecule has 0 amide bonds. The lowest BCUT2D eigenvalue weighted by Crippen LogP contribution is -2.22. The highest BCUT2D eigenvalue weighted by Crippen LogP contribution is 2.27. The molecule has 0 aliphatic heterocycles. The van der Waals surface area contributed by atoms with Crippen molar-refractivity contribution in [3.63, 3.8) is 0 Å². The number of halogens is 4. The Labute approximate surface area is 163 Å². The Morgan fingerprint density at radius 2 is 1.41 bits per heavy atom. The van der Waals surface area contributed by atoms with Crippen LogP contribution in [0.5, 0.6) is 0 Å². The Kier molecular flexibility index (Phi) is 4.72. The highest BCUT2D eigenvalue weighted by molar-refractivity contribution is 6.27. The predicted molar refractivity (Wildman–Crippen MR) is 101 cm³/mol. The molecule has 3 nitrogen and oxygen atoms in total. The standard InChI is InChI=1S/C22H12F4N2O/c23-12-5-7-18(16(25)9-12)27-20-11-21(22(29)15-4-2-1-3-14(15)20)28-19-8-6-13(24)10-17(19)26/h1-11,28H. The molecular weight excluding hydrogens is 384 g/mol. The smallest absolute Gasteiger partial charge is 0.209 e. The number of carbonyl (C=O) groups excluding carboxylic acids is 1. The first-order valence-corrected chi connectivity index (χ1v) is 8.54. The molecule has 0 aromatic heterocycles. The Morgan fingerprint density at radius 1 is 0.759 bits per heavy atom. The van der Waals surface area contributed by atoms with Crippen LogP contribution in [0.3, 0.4) is 0 Å². The molecule has 0 atom stereocenters. The summed E-state index contributed by atoms with van der Waals surface area (Å²) < 4.78 is 54.4. The maximum absolute atomic E-state index is 14.1. The molecule has 0 saturated heterocycles. The molecule has 144 valence electrons. The third-order valence-corrected chi connectivity index (χ3v) is 4.32. The first-order chi connectivity index (χ1) is 13.9. The zero-order valence-electron chi connectivity index (χ0n) is 14.7. The Morgan fingerprint density at radius 3 is 2.10 bits per heavy atom. The number of allylic oxidation sites excluding steroid dienone is 2. The second-order valence-electron chi connectivity index (χ2n) is 6.27. The summed E-state index contributed by atoms with van der Waals surface area (Å²) in [6.07, 6.45) is 1.34. The van der Waals surface area contributed by atoms with Crippen molar-refractivity contribution in [3.05, 3.63) is 107 Å². The van der Waals surface area contributed by atoms with Crippen molar-refractivity contribution >= 4 is 22.9 Å². The number of aliphatic imine (C=N–C) groups is 1. The van der Waals surface area contributed by atoms with Crippen molar-refractivity contribution in [2.45, 2.75) is 0 Å². The van der Waals surface area contributed by atoms with E-state index in [1.165, 1.54) is 12.1 Å². The zero-order valence-corrected chi connectivity index (χ0v) is 14.7.